The Labute approximate surface area is 239 Å². The molecule has 0 amide bonds. The lowest BCUT2D eigenvalue weighted by atomic mass is 10.0. The van der Waals surface area contributed by atoms with E-state index in [1.165, 1.54) is 28.0 Å². The van der Waals surface area contributed by atoms with Crippen molar-refractivity contribution >= 4 is 34.8 Å². The summed E-state index contributed by atoms with van der Waals surface area (Å²) in [6.07, 6.45) is 1.80. The Balaban J connectivity index is 1.66. The van der Waals surface area contributed by atoms with Gasteiger partial charge in [-0.3, -0.25) is 19.5 Å². The lowest BCUT2D eigenvalue weighted by Gasteiger charge is -2.22. The number of aromatic nitrogens is 1. The van der Waals surface area contributed by atoms with Crippen LogP contribution in [0.25, 0.3) is 17.4 Å². The normalized spacial score (nSPS) is 15.0. The number of anilines is 1. The highest BCUT2D eigenvalue weighted by Crippen LogP contribution is 2.36. The van der Waals surface area contributed by atoms with Gasteiger partial charge in [0.05, 0.1) is 27.3 Å². The summed E-state index contributed by atoms with van der Waals surface area (Å²) in [6, 6.07) is 14.7. The number of hydrogen-bond acceptors (Lipinski definition) is 9. The average molecular weight is 573 g/mol. The molecule has 41 heavy (non-hydrogen) atoms. The average Bonchev–Trinajstić information content (AvgIpc) is 3.53. The van der Waals surface area contributed by atoms with Gasteiger partial charge in [-0.25, -0.2) is 9.79 Å². The molecule has 0 N–H and O–H groups in total. The minimum atomic E-state index is -0.934. The van der Waals surface area contributed by atoms with Crippen molar-refractivity contribution < 1.29 is 18.9 Å². The number of non-ortho nitro benzene ring substituents is 1. The van der Waals surface area contributed by atoms with Crippen LogP contribution >= 0.6 is 11.3 Å². The Morgan fingerprint density at radius 2 is 1.90 bits per heavy atom. The largest absolute Gasteiger partial charge is 0.463 e. The lowest BCUT2D eigenvalue weighted by Crippen LogP contribution is -2.39. The number of esters is 1. The Bertz CT molecular complexity index is 1880. The number of ether oxygens (including phenoxy) is 1. The van der Waals surface area contributed by atoms with E-state index >= 15 is 0 Å². The molecular weight excluding hydrogens is 544 g/mol. The Morgan fingerprint density at radius 1 is 1.17 bits per heavy atom. The van der Waals surface area contributed by atoms with Gasteiger partial charge in [-0.1, -0.05) is 29.5 Å². The zero-order chi connectivity index (χ0) is 29.4. The molecule has 2 aromatic heterocycles. The summed E-state index contributed by atoms with van der Waals surface area (Å²) in [5.41, 5.74) is 3.41. The van der Waals surface area contributed by atoms with Gasteiger partial charge in [-0.2, -0.15) is 0 Å². The second-order valence-electron chi connectivity index (χ2n) is 9.75. The van der Waals surface area contributed by atoms with Gasteiger partial charge in [0, 0.05) is 37.5 Å². The van der Waals surface area contributed by atoms with Crippen LogP contribution in [-0.2, 0) is 9.53 Å². The molecule has 10 nitrogen and oxygen atoms in total. The standard InChI is InChI=1S/C30H28N4O6S/c1-6-39-29(36)26-18(3)31-30-33(28(35)25(41-30)15-19-8-11-20(12-9-19)32(4)5)27(26)24-14-13-23(40-24)22-16-21(34(37)38)10-7-17(22)2/h7-16,27H,6H2,1-5H3/b25-15-/t27-/m1/s1. The van der Waals surface area contributed by atoms with Gasteiger partial charge in [-0.15, -0.1) is 0 Å². The molecule has 1 aliphatic heterocycles. The molecule has 0 fully saturated rings. The molecule has 0 radical (unpaired) electrons. The van der Waals surface area contributed by atoms with Crippen LogP contribution in [0.15, 0.2) is 80.1 Å². The zero-order valence-electron chi connectivity index (χ0n) is 23.2. The van der Waals surface area contributed by atoms with E-state index in [4.69, 9.17) is 9.15 Å². The van der Waals surface area contributed by atoms with E-state index in [-0.39, 0.29) is 23.4 Å². The monoisotopic (exact) mass is 572 g/mol. The third kappa shape index (κ3) is 5.23. The zero-order valence-corrected chi connectivity index (χ0v) is 24.0. The number of thiazole rings is 1. The van der Waals surface area contributed by atoms with Crippen molar-refractivity contribution in [3.8, 4) is 11.3 Å². The van der Waals surface area contributed by atoms with Gasteiger partial charge in [0.2, 0.25) is 0 Å². The maximum atomic E-state index is 13.8. The first kappa shape index (κ1) is 27.8. The maximum absolute atomic E-state index is 13.8. The summed E-state index contributed by atoms with van der Waals surface area (Å²) in [7, 11) is 3.91. The highest BCUT2D eigenvalue weighted by molar-refractivity contribution is 7.07. The van der Waals surface area contributed by atoms with E-state index in [1.807, 2.05) is 50.2 Å². The van der Waals surface area contributed by atoms with E-state index in [2.05, 4.69) is 4.99 Å². The fraction of sp³-hybridized carbons (Fsp3) is 0.233. The predicted octanol–water partition coefficient (Wildman–Crippen LogP) is 4.34. The maximum Gasteiger partial charge on any atom is 0.338 e. The molecule has 1 atom stereocenters. The van der Waals surface area contributed by atoms with Gasteiger partial charge in [0.25, 0.3) is 11.2 Å². The molecule has 0 spiro atoms. The Morgan fingerprint density at radius 3 is 2.56 bits per heavy atom. The summed E-state index contributed by atoms with van der Waals surface area (Å²) < 4.78 is 13.5. The number of nitro groups is 1. The molecule has 0 unspecified atom stereocenters. The second-order valence-corrected chi connectivity index (χ2v) is 10.8. The van der Waals surface area contributed by atoms with Crippen LogP contribution in [0.4, 0.5) is 11.4 Å². The van der Waals surface area contributed by atoms with Crippen LogP contribution in [-0.4, -0.2) is 36.2 Å². The van der Waals surface area contributed by atoms with Crippen molar-refractivity contribution in [1.29, 1.82) is 0 Å². The first-order valence-electron chi connectivity index (χ1n) is 12.9. The highest BCUT2D eigenvalue weighted by atomic mass is 32.1. The summed E-state index contributed by atoms with van der Waals surface area (Å²) in [5, 5.41) is 11.4. The predicted molar refractivity (Wildman–Crippen MR) is 157 cm³/mol. The van der Waals surface area contributed by atoms with Gasteiger partial charge in [-0.05, 0) is 62.2 Å². The van der Waals surface area contributed by atoms with Crippen LogP contribution < -0.4 is 19.8 Å². The van der Waals surface area contributed by atoms with Gasteiger partial charge < -0.3 is 14.1 Å². The third-order valence-electron chi connectivity index (χ3n) is 6.82. The van der Waals surface area contributed by atoms with Crippen LogP contribution in [0.1, 0.15) is 36.8 Å². The summed E-state index contributed by atoms with van der Waals surface area (Å²) in [6.45, 7) is 5.37. The van der Waals surface area contributed by atoms with E-state index in [0.29, 0.717) is 32.1 Å². The number of nitro benzene ring substituents is 1. The van der Waals surface area contributed by atoms with Crippen LogP contribution in [0.3, 0.4) is 0 Å². The van der Waals surface area contributed by atoms with E-state index in [0.717, 1.165) is 16.8 Å². The number of furan rings is 1. The molecule has 0 saturated heterocycles. The third-order valence-corrected chi connectivity index (χ3v) is 7.80. The van der Waals surface area contributed by atoms with Gasteiger partial charge in [0.1, 0.15) is 17.6 Å². The molecule has 210 valence electrons. The van der Waals surface area contributed by atoms with Crippen molar-refractivity contribution in [2.24, 2.45) is 4.99 Å². The lowest BCUT2D eigenvalue weighted by molar-refractivity contribution is -0.384. The number of carbonyl (C=O) groups is 1. The molecule has 5 rings (SSSR count). The van der Waals surface area contributed by atoms with Crippen LogP contribution in [0.5, 0.6) is 0 Å². The van der Waals surface area contributed by atoms with Crippen molar-refractivity contribution in [3.63, 3.8) is 0 Å². The molecule has 0 saturated carbocycles. The topological polar surface area (TPSA) is 120 Å². The highest BCUT2D eigenvalue weighted by Gasteiger charge is 2.35. The number of aryl methyl sites for hydroxylation is 1. The Hall–Kier alpha value is -4.77. The molecule has 4 aromatic rings. The molecule has 2 aromatic carbocycles. The summed E-state index contributed by atoms with van der Waals surface area (Å²) in [5.74, 6) is 0.0881. The van der Waals surface area contributed by atoms with E-state index in [1.54, 1.807) is 38.1 Å². The molecule has 1 aliphatic rings. The minimum Gasteiger partial charge on any atom is -0.463 e. The molecule has 0 bridgehead atoms. The number of benzene rings is 2. The Kier molecular flexibility index (Phi) is 7.46. The number of rotatable bonds is 7. The summed E-state index contributed by atoms with van der Waals surface area (Å²) in [4.78, 5) is 44.9. The number of allylic oxidation sites excluding steroid dienone is 1. The van der Waals surface area contributed by atoms with Crippen LogP contribution in [0, 0.1) is 17.0 Å². The first-order chi connectivity index (χ1) is 19.6. The van der Waals surface area contributed by atoms with Crippen molar-refractivity contribution in [1.82, 2.24) is 4.57 Å². The van der Waals surface area contributed by atoms with Gasteiger partial charge >= 0.3 is 5.97 Å². The number of nitrogens with zero attached hydrogens (tertiary/aromatic N) is 4. The number of fused-ring (bicyclic) bond motifs is 1. The molecule has 0 aliphatic carbocycles. The fourth-order valence-electron chi connectivity index (χ4n) is 4.71. The van der Waals surface area contributed by atoms with Crippen molar-refractivity contribution in [2.75, 3.05) is 25.6 Å². The second kappa shape index (κ2) is 11.0. The van der Waals surface area contributed by atoms with E-state index < -0.39 is 16.9 Å². The minimum absolute atomic E-state index is 0.0712. The SMILES string of the molecule is CCOC(=O)C1=C(C)N=c2s/c(=C\c3ccc(N(C)C)cc3)c(=O)n2[C@@H]1c1ccc(-c2cc([N+](=O)[O-])ccc2C)o1. The molecule has 11 heteroatoms. The number of hydrogen-bond donors (Lipinski definition) is 0. The summed E-state index contributed by atoms with van der Waals surface area (Å²) >= 11 is 1.22. The quantitative estimate of drug-likeness (QED) is 0.184. The van der Waals surface area contributed by atoms with Gasteiger partial charge in [0.15, 0.2) is 4.80 Å². The smallest absolute Gasteiger partial charge is 0.338 e. The van der Waals surface area contributed by atoms with Crippen molar-refractivity contribution in [2.45, 2.75) is 26.8 Å². The van der Waals surface area contributed by atoms with Crippen LogP contribution in [0.2, 0.25) is 0 Å². The van der Waals surface area contributed by atoms with E-state index in [9.17, 15) is 19.7 Å². The fourth-order valence-corrected chi connectivity index (χ4v) is 5.76. The molecule has 3 heterocycles. The van der Waals surface area contributed by atoms with Crippen molar-refractivity contribution in [3.05, 3.63) is 113 Å². The first-order valence-corrected chi connectivity index (χ1v) is 13.7. The number of carbonyl (C=O) groups excluding carboxylic acids is 1. The molecular formula is C30H28N4O6S.